The Kier molecular flexibility index (Phi) is 5.48. The number of rotatable bonds is 6. The maximum atomic E-state index is 11.6. The van der Waals surface area contributed by atoms with Crippen LogP contribution in [0.5, 0.6) is 0 Å². The number of hydrogen-bond donors (Lipinski definition) is 2. The molecule has 1 aromatic heterocycles. The van der Waals surface area contributed by atoms with Crippen LogP contribution in [0.15, 0.2) is 28.8 Å². The summed E-state index contributed by atoms with van der Waals surface area (Å²) >= 11 is 5.81. The van der Waals surface area contributed by atoms with Crippen LogP contribution >= 0.6 is 11.6 Å². The Labute approximate surface area is 132 Å². The average molecular weight is 323 g/mol. The molecular formula is C14H15ClN4O3. The molecule has 0 aliphatic heterocycles. The van der Waals surface area contributed by atoms with Gasteiger partial charge in [0.05, 0.1) is 6.54 Å². The number of carbonyl (C=O) groups is 2. The minimum absolute atomic E-state index is 0.0464. The molecule has 0 atom stereocenters. The summed E-state index contributed by atoms with van der Waals surface area (Å²) in [6, 6.07) is 7.04. The lowest BCUT2D eigenvalue weighted by molar-refractivity contribution is -0.125. The monoisotopic (exact) mass is 322 g/mol. The summed E-state index contributed by atoms with van der Waals surface area (Å²) in [6.45, 7) is -0.0464. The maximum Gasteiger partial charge on any atom is 0.239 e. The number of amides is 2. The van der Waals surface area contributed by atoms with E-state index in [0.29, 0.717) is 23.2 Å². The maximum absolute atomic E-state index is 11.6. The van der Waals surface area contributed by atoms with Gasteiger partial charge in [0.1, 0.15) is 0 Å². The number of nitrogens with zero attached hydrogens (tertiary/aromatic N) is 2. The lowest BCUT2D eigenvalue weighted by atomic mass is 10.2. The Morgan fingerprint density at radius 2 is 1.95 bits per heavy atom. The van der Waals surface area contributed by atoms with E-state index in [9.17, 15) is 9.59 Å². The van der Waals surface area contributed by atoms with E-state index in [1.807, 2.05) is 0 Å². The zero-order valence-corrected chi connectivity index (χ0v) is 12.7. The molecule has 0 saturated heterocycles. The van der Waals surface area contributed by atoms with Gasteiger partial charge in [-0.05, 0) is 24.3 Å². The SMILES string of the molecule is CNC(=O)CNC(=O)CCc1nc(-c2ccc(Cl)cc2)no1. The van der Waals surface area contributed by atoms with E-state index in [2.05, 4.69) is 20.8 Å². The third-order valence-corrected chi connectivity index (χ3v) is 3.11. The predicted molar refractivity (Wildman–Crippen MR) is 80.1 cm³/mol. The third kappa shape index (κ3) is 4.56. The van der Waals surface area contributed by atoms with Gasteiger partial charge in [0.2, 0.25) is 23.5 Å². The highest BCUT2D eigenvalue weighted by atomic mass is 35.5. The second-order valence-corrected chi connectivity index (χ2v) is 4.90. The van der Waals surface area contributed by atoms with Gasteiger partial charge in [-0.25, -0.2) is 0 Å². The zero-order chi connectivity index (χ0) is 15.9. The number of benzene rings is 1. The fraction of sp³-hybridized carbons (Fsp3) is 0.286. The molecule has 2 N–H and O–H groups in total. The number of likely N-dealkylation sites (N-methyl/N-ethyl adjacent to an activating group) is 1. The van der Waals surface area contributed by atoms with Crippen LogP contribution in [-0.2, 0) is 16.0 Å². The van der Waals surface area contributed by atoms with E-state index < -0.39 is 0 Å². The topological polar surface area (TPSA) is 97.1 Å². The molecule has 22 heavy (non-hydrogen) atoms. The van der Waals surface area contributed by atoms with Gasteiger partial charge in [0.25, 0.3) is 0 Å². The van der Waals surface area contributed by atoms with Gasteiger partial charge in [-0.15, -0.1) is 0 Å². The number of halogens is 1. The summed E-state index contributed by atoms with van der Waals surface area (Å²) in [5.41, 5.74) is 0.781. The summed E-state index contributed by atoms with van der Waals surface area (Å²) in [7, 11) is 1.51. The molecule has 0 saturated carbocycles. The van der Waals surface area contributed by atoms with Crippen molar-refractivity contribution in [2.45, 2.75) is 12.8 Å². The van der Waals surface area contributed by atoms with Crippen molar-refractivity contribution in [3.05, 3.63) is 35.2 Å². The largest absolute Gasteiger partial charge is 0.358 e. The smallest absolute Gasteiger partial charge is 0.239 e. The van der Waals surface area contributed by atoms with Crippen LogP contribution in [0, 0.1) is 0 Å². The van der Waals surface area contributed by atoms with Crippen molar-refractivity contribution in [3.63, 3.8) is 0 Å². The molecule has 0 aliphatic carbocycles. The Balaban J connectivity index is 1.86. The van der Waals surface area contributed by atoms with Gasteiger partial charge in [0.15, 0.2) is 0 Å². The highest BCUT2D eigenvalue weighted by Crippen LogP contribution is 2.18. The van der Waals surface area contributed by atoms with Crippen molar-refractivity contribution in [2.75, 3.05) is 13.6 Å². The molecule has 1 heterocycles. The Bertz CT molecular complexity index is 654. The first-order valence-electron chi connectivity index (χ1n) is 6.64. The van der Waals surface area contributed by atoms with Crippen molar-refractivity contribution >= 4 is 23.4 Å². The summed E-state index contributed by atoms with van der Waals surface area (Å²) < 4.78 is 5.09. The Morgan fingerprint density at radius 3 is 2.64 bits per heavy atom. The molecule has 2 aromatic rings. The van der Waals surface area contributed by atoms with Crippen LogP contribution in [0.3, 0.4) is 0 Å². The predicted octanol–water partition coefficient (Wildman–Crippen LogP) is 1.18. The second kappa shape index (κ2) is 7.56. The summed E-state index contributed by atoms with van der Waals surface area (Å²) in [6.07, 6.45) is 0.472. The Hall–Kier alpha value is -2.41. The minimum atomic E-state index is -0.255. The fourth-order valence-electron chi connectivity index (χ4n) is 1.65. The van der Waals surface area contributed by atoms with Crippen molar-refractivity contribution in [1.82, 2.24) is 20.8 Å². The van der Waals surface area contributed by atoms with E-state index >= 15 is 0 Å². The number of aryl methyl sites for hydroxylation is 1. The van der Waals surface area contributed by atoms with Gasteiger partial charge in [-0.1, -0.05) is 16.8 Å². The lowest BCUT2D eigenvalue weighted by Crippen LogP contribution is -2.35. The van der Waals surface area contributed by atoms with Crippen LogP contribution in [0.25, 0.3) is 11.4 Å². The van der Waals surface area contributed by atoms with Crippen LogP contribution < -0.4 is 10.6 Å². The first-order valence-corrected chi connectivity index (χ1v) is 7.02. The fourth-order valence-corrected chi connectivity index (χ4v) is 1.77. The molecule has 2 amide bonds. The van der Waals surface area contributed by atoms with Gasteiger partial charge in [-0.2, -0.15) is 4.98 Å². The summed E-state index contributed by atoms with van der Waals surface area (Å²) in [5, 5.41) is 9.39. The zero-order valence-electron chi connectivity index (χ0n) is 11.9. The quantitative estimate of drug-likeness (QED) is 0.832. The molecule has 8 heteroatoms. The van der Waals surface area contributed by atoms with Gasteiger partial charge in [0, 0.05) is 30.5 Å². The van der Waals surface area contributed by atoms with Gasteiger partial charge in [-0.3, -0.25) is 9.59 Å². The molecule has 0 fully saturated rings. The second-order valence-electron chi connectivity index (χ2n) is 4.47. The highest BCUT2D eigenvalue weighted by Gasteiger charge is 2.11. The van der Waals surface area contributed by atoms with Crippen LogP contribution in [0.2, 0.25) is 5.02 Å². The molecule has 0 spiro atoms. The first-order chi connectivity index (χ1) is 10.6. The molecule has 2 rings (SSSR count). The first kappa shape index (κ1) is 16.0. The summed E-state index contributed by atoms with van der Waals surface area (Å²) in [5.74, 6) is 0.295. The Morgan fingerprint density at radius 1 is 1.23 bits per heavy atom. The van der Waals surface area contributed by atoms with Gasteiger partial charge < -0.3 is 15.2 Å². The van der Waals surface area contributed by atoms with Crippen molar-refractivity contribution < 1.29 is 14.1 Å². The average Bonchev–Trinajstić information content (AvgIpc) is 3.00. The summed E-state index contributed by atoms with van der Waals surface area (Å²) in [4.78, 5) is 26.8. The molecule has 116 valence electrons. The van der Waals surface area contributed by atoms with E-state index in [1.54, 1.807) is 24.3 Å². The number of carbonyl (C=O) groups excluding carboxylic acids is 2. The normalized spacial score (nSPS) is 10.3. The van der Waals surface area contributed by atoms with E-state index in [4.69, 9.17) is 16.1 Å². The highest BCUT2D eigenvalue weighted by molar-refractivity contribution is 6.30. The number of aromatic nitrogens is 2. The number of nitrogens with one attached hydrogen (secondary N) is 2. The molecule has 1 aromatic carbocycles. The molecule has 0 radical (unpaired) electrons. The molecule has 0 unspecified atom stereocenters. The standard InChI is InChI=1S/C14H15ClN4O3/c1-16-12(21)8-17-11(20)6-7-13-18-14(19-22-13)9-2-4-10(15)5-3-9/h2-5H,6-8H2,1H3,(H,16,21)(H,17,20). The molecule has 7 nitrogen and oxygen atoms in total. The van der Waals surface area contributed by atoms with Gasteiger partial charge >= 0.3 is 0 Å². The molecule has 0 bridgehead atoms. The van der Waals surface area contributed by atoms with Crippen LogP contribution in [0.4, 0.5) is 0 Å². The van der Waals surface area contributed by atoms with Crippen molar-refractivity contribution in [3.8, 4) is 11.4 Å². The molecular weight excluding hydrogens is 308 g/mol. The van der Waals surface area contributed by atoms with E-state index in [0.717, 1.165) is 5.56 Å². The van der Waals surface area contributed by atoms with Crippen LogP contribution in [0.1, 0.15) is 12.3 Å². The van der Waals surface area contributed by atoms with Crippen molar-refractivity contribution in [1.29, 1.82) is 0 Å². The van der Waals surface area contributed by atoms with Crippen molar-refractivity contribution in [2.24, 2.45) is 0 Å². The van der Waals surface area contributed by atoms with E-state index in [-0.39, 0.29) is 24.8 Å². The van der Waals surface area contributed by atoms with E-state index in [1.165, 1.54) is 7.05 Å². The third-order valence-electron chi connectivity index (χ3n) is 2.86. The number of hydrogen-bond acceptors (Lipinski definition) is 5. The minimum Gasteiger partial charge on any atom is -0.358 e. The molecule has 0 aliphatic rings. The van der Waals surface area contributed by atoms with Crippen LogP contribution in [-0.4, -0.2) is 35.5 Å². The lowest BCUT2D eigenvalue weighted by Gasteiger charge is -2.02.